The van der Waals surface area contributed by atoms with Crippen LogP contribution in [0.2, 0.25) is 5.02 Å². The van der Waals surface area contributed by atoms with Gasteiger partial charge >= 0.3 is 5.97 Å². The van der Waals surface area contributed by atoms with Gasteiger partial charge in [0.1, 0.15) is 0 Å². The van der Waals surface area contributed by atoms with E-state index < -0.39 is 5.97 Å². The normalized spacial score (nSPS) is 14.2. The number of hydrogen-bond donors (Lipinski definition) is 3. The predicted octanol–water partition coefficient (Wildman–Crippen LogP) is 1.98. The molecule has 0 atom stereocenters. The number of carboxylic acid groups (broad SMARTS) is 1. The molecule has 1 amide bonds. The number of carbonyl (C=O) groups is 2. The Balaban J connectivity index is 1.90. The van der Waals surface area contributed by atoms with E-state index in [0.717, 1.165) is 6.54 Å². The monoisotopic (exact) mass is 282 g/mol. The van der Waals surface area contributed by atoms with E-state index in [0.29, 0.717) is 16.6 Å². The lowest BCUT2D eigenvalue weighted by Crippen LogP contribution is -2.29. The minimum Gasteiger partial charge on any atom is -0.478 e. The molecule has 19 heavy (non-hydrogen) atoms. The number of anilines is 1. The van der Waals surface area contributed by atoms with Crippen LogP contribution in [0.15, 0.2) is 18.2 Å². The second-order valence-electron chi connectivity index (χ2n) is 4.62. The van der Waals surface area contributed by atoms with Crippen molar-refractivity contribution >= 4 is 29.2 Å². The molecule has 1 fully saturated rings. The summed E-state index contributed by atoms with van der Waals surface area (Å²) in [5.74, 6) is -0.587. The quantitative estimate of drug-likeness (QED) is 0.745. The Labute approximate surface area is 116 Å². The summed E-state index contributed by atoms with van der Waals surface area (Å²) in [6.07, 6.45) is 2.45. The zero-order valence-corrected chi connectivity index (χ0v) is 11.0. The van der Waals surface area contributed by atoms with Crippen molar-refractivity contribution in [2.45, 2.75) is 12.8 Å². The number of halogens is 1. The Hall–Kier alpha value is -1.59. The van der Waals surface area contributed by atoms with Gasteiger partial charge in [-0.15, -0.1) is 0 Å². The first-order chi connectivity index (χ1) is 9.06. The second kappa shape index (κ2) is 6.04. The average molecular weight is 283 g/mol. The van der Waals surface area contributed by atoms with Crippen molar-refractivity contribution < 1.29 is 14.7 Å². The molecule has 0 spiro atoms. The van der Waals surface area contributed by atoms with Crippen LogP contribution in [0.4, 0.5) is 5.69 Å². The van der Waals surface area contributed by atoms with Gasteiger partial charge in [0.05, 0.1) is 22.8 Å². The Morgan fingerprint density at radius 2 is 2.11 bits per heavy atom. The van der Waals surface area contributed by atoms with E-state index >= 15 is 0 Å². The molecule has 0 unspecified atom stereocenters. The first-order valence-corrected chi connectivity index (χ1v) is 6.47. The van der Waals surface area contributed by atoms with Crippen molar-refractivity contribution in [2.24, 2.45) is 5.92 Å². The second-order valence-corrected chi connectivity index (χ2v) is 5.03. The summed E-state index contributed by atoms with van der Waals surface area (Å²) >= 11 is 5.91. The van der Waals surface area contributed by atoms with Crippen LogP contribution in [0.1, 0.15) is 23.2 Å². The number of benzene rings is 1. The van der Waals surface area contributed by atoms with Crippen LogP contribution in [0.5, 0.6) is 0 Å². The molecule has 5 nitrogen and oxygen atoms in total. The topological polar surface area (TPSA) is 78.4 Å². The Morgan fingerprint density at radius 1 is 1.37 bits per heavy atom. The molecule has 1 aliphatic rings. The third-order valence-corrected chi connectivity index (χ3v) is 3.23. The summed E-state index contributed by atoms with van der Waals surface area (Å²) in [7, 11) is 0. The van der Waals surface area contributed by atoms with Gasteiger partial charge in [0, 0.05) is 0 Å². The molecular weight excluding hydrogens is 268 g/mol. The number of nitrogens with one attached hydrogen (secondary N) is 2. The SMILES string of the molecule is O=C(CNCC1CC1)Nc1cc(C(=O)O)ccc1Cl. The van der Waals surface area contributed by atoms with E-state index in [1.165, 1.54) is 31.0 Å². The Morgan fingerprint density at radius 3 is 2.74 bits per heavy atom. The standard InChI is InChI=1S/C13H15ClN2O3/c14-10-4-3-9(13(18)19)5-11(10)16-12(17)7-15-6-8-1-2-8/h3-5,8,15H,1-2,6-7H2,(H,16,17)(H,18,19). The van der Waals surface area contributed by atoms with E-state index in [-0.39, 0.29) is 18.0 Å². The van der Waals surface area contributed by atoms with Crippen LogP contribution >= 0.6 is 11.6 Å². The van der Waals surface area contributed by atoms with E-state index in [1.54, 1.807) is 0 Å². The summed E-state index contributed by atoms with van der Waals surface area (Å²) in [6.45, 7) is 1.04. The van der Waals surface area contributed by atoms with Gasteiger partial charge in [-0.3, -0.25) is 4.79 Å². The molecule has 102 valence electrons. The number of aromatic carboxylic acids is 1. The van der Waals surface area contributed by atoms with Gasteiger partial charge in [-0.05, 0) is 43.5 Å². The van der Waals surface area contributed by atoms with Gasteiger partial charge in [-0.1, -0.05) is 11.6 Å². The largest absolute Gasteiger partial charge is 0.478 e. The number of carbonyl (C=O) groups excluding carboxylic acids is 1. The van der Waals surface area contributed by atoms with Gasteiger partial charge in [0.2, 0.25) is 5.91 Å². The first-order valence-electron chi connectivity index (χ1n) is 6.09. The van der Waals surface area contributed by atoms with Crippen molar-refractivity contribution in [3.63, 3.8) is 0 Å². The van der Waals surface area contributed by atoms with Gasteiger partial charge in [-0.2, -0.15) is 0 Å². The molecule has 0 bridgehead atoms. The molecule has 1 aliphatic carbocycles. The molecule has 1 aromatic carbocycles. The maximum Gasteiger partial charge on any atom is 0.335 e. The van der Waals surface area contributed by atoms with Crippen LogP contribution in [0.25, 0.3) is 0 Å². The Kier molecular flexibility index (Phi) is 4.39. The van der Waals surface area contributed by atoms with E-state index in [9.17, 15) is 9.59 Å². The van der Waals surface area contributed by atoms with E-state index in [2.05, 4.69) is 10.6 Å². The summed E-state index contributed by atoms with van der Waals surface area (Å²) in [6, 6.07) is 4.20. The van der Waals surface area contributed by atoms with E-state index in [4.69, 9.17) is 16.7 Å². The molecular formula is C13H15ClN2O3. The van der Waals surface area contributed by atoms with Crippen molar-refractivity contribution in [2.75, 3.05) is 18.4 Å². The highest BCUT2D eigenvalue weighted by atomic mass is 35.5. The number of carboxylic acids is 1. The number of hydrogen-bond acceptors (Lipinski definition) is 3. The van der Waals surface area contributed by atoms with Crippen LogP contribution in [0, 0.1) is 5.92 Å². The molecule has 0 radical (unpaired) electrons. The van der Waals surface area contributed by atoms with Gasteiger partial charge in [-0.25, -0.2) is 4.79 Å². The molecule has 0 aliphatic heterocycles. The Bertz CT molecular complexity index is 501. The predicted molar refractivity (Wildman–Crippen MR) is 72.6 cm³/mol. The summed E-state index contributed by atoms with van der Waals surface area (Å²) < 4.78 is 0. The summed E-state index contributed by atoms with van der Waals surface area (Å²) in [5, 5.41) is 14.9. The highest BCUT2D eigenvalue weighted by Gasteiger charge is 2.20. The van der Waals surface area contributed by atoms with Crippen LogP contribution in [0.3, 0.4) is 0 Å². The third kappa shape index (κ3) is 4.22. The smallest absolute Gasteiger partial charge is 0.335 e. The minimum absolute atomic E-state index is 0.0886. The average Bonchev–Trinajstić information content (AvgIpc) is 3.15. The molecule has 1 saturated carbocycles. The maximum atomic E-state index is 11.7. The number of rotatable bonds is 6. The lowest BCUT2D eigenvalue weighted by Gasteiger charge is -2.08. The zero-order chi connectivity index (χ0) is 13.8. The fraction of sp³-hybridized carbons (Fsp3) is 0.385. The molecule has 0 saturated heterocycles. The lowest BCUT2D eigenvalue weighted by molar-refractivity contribution is -0.115. The zero-order valence-electron chi connectivity index (χ0n) is 10.3. The van der Waals surface area contributed by atoms with Crippen molar-refractivity contribution in [1.82, 2.24) is 5.32 Å². The maximum absolute atomic E-state index is 11.7. The molecule has 6 heteroatoms. The minimum atomic E-state index is -1.06. The lowest BCUT2D eigenvalue weighted by atomic mass is 10.2. The molecule has 2 rings (SSSR count). The first kappa shape index (κ1) is 13.8. The highest BCUT2D eigenvalue weighted by molar-refractivity contribution is 6.33. The van der Waals surface area contributed by atoms with Gasteiger partial charge in [0.15, 0.2) is 0 Å². The highest BCUT2D eigenvalue weighted by Crippen LogP contribution is 2.27. The van der Waals surface area contributed by atoms with Crippen molar-refractivity contribution in [3.05, 3.63) is 28.8 Å². The van der Waals surface area contributed by atoms with Crippen molar-refractivity contribution in [1.29, 1.82) is 0 Å². The van der Waals surface area contributed by atoms with E-state index in [1.807, 2.05) is 0 Å². The summed E-state index contributed by atoms with van der Waals surface area (Å²) in [4.78, 5) is 22.5. The molecule has 0 aromatic heterocycles. The molecule has 0 heterocycles. The molecule has 3 N–H and O–H groups in total. The van der Waals surface area contributed by atoms with Gasteiger partial charge < -0.3 is 15.7 Å². The van der Waals surface area contributed by atoms with Gasteiger partial charge in [0.25, 0.3) is 0 Å². The fourth-order valence-electron chi connectivity index (χ4n) is 1.66. The molecule has 1 aromatic rings. The van der Waals surface area contributed by atoms with Crippen LogP contribution < -0.4 is 10.6 Å². The fourth-order valence-corrected chi connectivity index (χ4v) is 1.83. The van der Waals surface area contributed by atoms with Crippen LogP contribution in [-0.4, -0.2) is 30.1 Å². The van der Waals surface area contributed by atoms with Crippen molar-refractivity contribution in [3.8, 4) is 0 Å². The third-order valence-electron chi connectivity index (χ3n) is 2.90. The number of amides is 1. The van der Waals surface area contributed by atoms with Crippen LogP contribution in [-0.2, 0) is 4.79 Å². The summed E-state index contributed by atoms with van der Waals surface area (Å²) in [5.41, 5.74) is 0.408.